The molecule has 0 spiro atoms. The van der Waals surface area contributed by atoms with Crippen molar-refractivity contribution in [2.75, 3.05) is 0 Å². The minimum absolute atomic E-state index is 0.456. The molecule has 0 radical (unpaired) electrons. The summed E-state index contributed by atoms with van der Waals surface area (Å²) in [5, 5.41) is 0. The van der Waals surface area contributed by atoms with E-state index in [9.17, 15) is 8.78 Å². The first-order chi connectivity index (χ1) is 4.57. The van der Waals surface area contributed by atoms with Gasteiger partial charge < -0.3 is 0 Å². The van der Waals surface area contributed by atoms with Gasteiger partial charge in [0.1, 0.15) is 5.83 Å². The van der Waals surface area contributed by atoms with Crippen LogP contribution in [-0.4, -0.2) is 0 Å². The van der Waals surface area contributed by atoms with Crippen molar-refractivity contribution in [3.05, 3.63) is 23.3 Å². The second-order valence-corrected chi connectivity index (χ2v) is 2.21. The van der Waals surface area contributed by atoms with E-state index in [0.29, 0.717) is 12.0 Å². The van der Waals surface area contributed by atoms with E-state index in [4.69, 9.17) is 0 Å². The lowest BCUT2D eigenvalue weighted by Crippen LogP contribution is -1.76. The highest BCUT2D eigenvalue weighted by molar-refractivity contribution is 5.18. The third-order valence-corrected chi connectivity index (χ3v) is 1.26. The molecule has 0 rings (SSSR count). The predicted molar refractivity (Wildman–Crippen MR) is 39.0 cm³/mol. The van der Waals surface area contributed by atoms with Crippen molar-refractivity contribution in [1.82, 2.24) is 0 Å². The summed E-state index contributed by atoms with van der Waals surface area (Å²) in [5.41, 5.74) is 0.581. The molecule has 0 saturated carbocycles. The Morgan fingerprint density at radius 1 is 1.30 bits per heavy atom. The largest absolute Gasteiger partial charge is 0.212 e. The molecule has 0 saturated heterocycles. The van der Waals surface area contributed by atoms with Crippen LogP contribution in [0.2, 0.25) is 0 Å². The van der Waals surface area contributed by atoms with E-state index in [0.717, 1.165) is 6.08 Å². The molecule has 0 aliphatic carbocycles. The SMILES string of the molecule is CC/C(C)=C(F)\C=C(/C)F. The van der Waals surface area contributed by atoms with E-state index in [1.165, 1.54) is 6.92 Å². The van der Waals surface area contributed by atoms with Gasteiger partial charge in [0, 0.05) is 6.08 Å². The average molecular weight is 146 g/mol. The molecule has 0 aliphatic rings. The van der Waals surface area contributed by atoms with E-state index in [-0.39, 0.29) is 0 Å². The van der Waals surface area contributed by atoms with E-state index in [2.05, 4.69) is 0 Å². The molecule has 0 fully saturated rings. The van der Waals surface area contributed by atoms with Crippen LogP contribution in [0.1, 0.15) is 27.2 Å². The highest BCUT2D eigenvalue weighted by Gasteiger charge is 1.95. The van der Waals surface area contributed by atoms with Gasteiger partial charge in [-0.15, -0.1) is 0 Å². The zero-order chi connectivity index (χ0) is 8.15. The zero-order valence-corrected chi connectivity index (χ0v) is 6.54. The molecule has 0 bridgehead atoms. The Balaban J connectivity index is 4.33. The summed E-state index contributed by atoms with van der Waals surface area (Å²) in [6.07, 6.45) is 1.52. The molecule has 10 heavy (non-hydrogen) atoms. The van der Waals surface area contributed by atoms with Crippen molar-refractivity contribution in [3.8, 4) is 0 Å². The maximum absolute atomic E-state index is 12.6. The Morgan fingerprint density at radius 2 is 1.80 bits per heavy atom. The standard InChI is InChI=1S/C8H12F2/c1-4-6(2)8(10)5-7(3)9/h5H,4H2,1-3H3/b7-5+,8-6+. The monoisotopic (exact) mass is 146 g/mol. The third kappa shape index (κ3) is 3.38. The maximum Gasteiger partial charge on any atom is 0.124 e. The molecule has 0 atom stereocenters. The molecular weight excluding hydrogens is 134 g/mol. The van der Waals surface area contributed by atoms with Crippen LogP contribution >= 0.6 is 0 Å². The van der Waals surface area contributed by atoms with Crippen LogP contribution in [0.25, 0.3) is 0 Å². The molecule has 0 amide bonds. The molecule has 0 aromatic heterocycles. The number of halogens is 2. The lowest BCUT2D eigenvalue weighted by molar-refractivity contribution is 0.607. The molecule has 0 aliphatic heterocycles. The lowest BCUT2D eigenvalue weighted by Gasteiger charge is -1.94. The number of hydrogen-bond acceptors (Lipinski definition) is 0. The number of rotatable bonds is 2. The van der Waals surface area contributed by atoms with Crippen LogP contribution in [-0.2, 0) is 0 Å². The Labute approximate surface area is 60.2 Å². The van der Waals surface area contributed by atoms with Crippen molar-refractivity contribution < 1.29 is 8.78 Å². The van der Waals surface area contributed by atoms with Crippen molar-refractivity contribution in [2.24, 2.45) is 0 Å². The first kappa shape index (κ1) is 9.34. The predicted octanol–water partition coefficient (Wildman–Crippen LogP) is 3.51. The van der Waals surface area contributed by atoms with Crippen LogP contribution in [0.4, 0.5) is 8.78 Å². The molecule has 2 heteroatoms. The summed E-state index contributed by atoms with van der Waals surface area (Å²) in [6, 6.07) is 0. The van der Waals surface area contributed by atoms with Gasteiger partial charge in [-0.05, 0) is 25.8 Å². The van der Waals surface area contributed by atoms with Gasteiger partial charge in [-0.25, -0.2) is 8.78 Å². The molecular formula is C8H12F2. The van der Waals surface area contributed by atoms with Crippen LogP contribution < -0.4 is 0 Å². The topological polar surface area (TPSA) is 0 Å². The summed E-state index contributed by atoms with van der Waals surface area (Å²) in [5.74, 6) is -0.951. The smallest absolute Gasteiger partial charge is 0.124 e. The van der Waals surface area contributed by atoms with Crippen LogP contribution in [0, 0.1) is 0 Å². The summed E-state index contributed by atoms with van der Waals surface area (Å²) in [7, 11) is 0. The molecule has 58 valence electrons. The summed E-state index contributed by atoms with van der Waals surface area (Å²) in [6.45, 7) is 4.70. The Kier molecular flexibility index (Phi) is 3.93. The minimum Gasteiger partial charge on any atom is -0.212 e. The molecule has 0 heterocycles. The second-order valence-electron chi connectivity index (χ2n) is 2.21. The quantitative estimate of drug-likeness (QED) is 0.523. The fourth-order valence-electron chi connectivity index (χ4n) is 0.467. The van der Waals surface area contributed by atoms with Crippen LogP contribution in [0.3, 0.4) is 0 Å². The Morgan fingerprint density at radius 3 is 2.10 bits per heavy atom. The van der Waals surface area contributed by atoms with E-state index >= 15 is 0 Å². The van der Waals surface area contributed by atoms with Gasteiger partial charge in [-0.1, -0.05) is 6.92 Å². The van der Waals surface area contributed by atoms with Crippen LogP contribution in [0.5, 0.6) is 0 Å². The van der Waals surface area contributed by atoms with Gasteiger partial charge in [-0.2, -0.15) is 0 Å². The van der Waals surface area contributed by atoms with Gasteiger partial charge in [0.15, 0.2) is 0 Å². The molecule has 0 N–H and O–H groups in total. The minimum atomic E-state index is -0.495. The van der Waals surface area contributed by atoms with Crippen molar-refractivity contribution in [3.63, 3.8) is 0 Å². The average Bonchev–Trinajstić information content (AvgIpc) is 1.85. The highest BCUT2D eigenvalue weighted by Crippen LogP contribution is 2.12. The lowest BCUT2D eigenvalue weighted by atomic mass is 10.2. The van der Waals surface area contributed by atoms with Crippen molar-refractivity contribution in [2.45, 2.75) is 27.2 Å². The van der Waals surface area contributed by atoms with Crippen molar-refractivity contribution in [1.29, 1.82) is 0 Å². The van der Waals surface area contributed by atoms with E-state index < -0.39 is 11.7 Å². The van der Waals surface area contributed by atoms with E-state index in [1.807, 2.05) is 6.92 Å². The molecule has 0 aromatic rings. The maximum atomic E-state index is 12.6. The third-order valence-electron chi connectivity index (χ3n) is 1.26. The van der Waals surface area contributed by atoms with Gasteiger partial charge >= 0.3 is 0 Å². The first-order valence-corrected chi connectivity index (χ1v) is 3.27. The van der Waals surface area contributed by atoms with Gasteiger partial charge in [-0.3, -0.25) is 0 Å². The zero-order valence-electron chi connectivity index (χ0n) is 6.54. The Hall–Kier alpha value is -0.660. The first-order valence-electron chi connectivity index (χ1n) is 3.27. The molecule has 0 unspecified atom stereocenters. The molecule has 0 aromatic carbocycles. The fraction of sp³-hybridized carbons (Fsp3) is 0.500. The van der Waals surface area contributed by atoms with Gasteiger partial charge in [0.05, 0.1) is 5.83 Å². The van der Waals surface area contributed by atoms with Crippen LogP contribution in [0.15, 0.2) is 23.3 Å². The number of allylic oxidation sites excluding steroid dienone is 4. The second kappa shape index (κ2) is 4.20. The summed E-state index contributed by atoms with van der Waals surface area (Å²) >= 11 is 0. The summed E-state index contributed by atoms with van der Waals surface area (Å²) < 4.78 is 24.6. The van der Waals surface area contributed by atoms with Gasteiger partial charge in [0.2, 0.25) is 0 Å². The highest BCUT2D eigenvalue weighted by atomic mass is 19.1. The Bertz CT molecular complexity index is 162. The van der Waals surface area contributed by atoms with E-state index in [1.54, 1.807) is 6.92 Å². The van der Waals surface area contributed by atoms with Crippen molar-refractivity contribution >= 4 is 0 Å². The van der Waals surface area contributed by atoms with Gasteiger partial charge in [0.25, 0.3) is 0 Å². The molecule has 0 nitrogen and oxygen atoms in total. The number of hydrogen-bond donors (Lipinski definition) is 0. The summed E-state index contributed by atoms with van der Waals surface area (Å²) in [4.78, 5) is 0. The fourth-order valence-corrected chi connectivity index (χ4v) is 0.467. The normalized spacial score (nSPS) is 15.1.